The van der Waals surface area contributed by atoms with Crippen molar-refractivity contribution in [3.63, 3.8) is 0 Å². The highest BCUT2D eigenvalue weighted by atomic mass is 16.5. The molecule has 3 aromatic rings. The van der Waals surface area contributed by atoms with Gasteiger partial charge in [-0.15, -0.1) is 0 Å². The van der Waals surface area contributed by atoms with Crippen LogP contribution in [0, 0.1) is 0 Å². The van der Waals surface area contributed by atoms with Gasteiger partial charge in [0.15, 0.2) is 0 Å². The van der Waals surface area contributed by atoms with Crippen molar-refractivity contribution in [2.45, 2.75) is 0 Å². The number of rotatable bonds is 3. The molecule has 0 fully saturated rings. The third kappa shape index (κ3) is 3.00. The van der Waals surface area contributed by atoms with E-state index in [9.17, 15) is 5.11 Å². The number of phenols is 1. The third-order valence-corrected chi connectivity index (χ3v) is 3.11. The molecule has 0 unspecified atom stereocenters. The van der Waals surface area contributed by atoms with Gasteiger partial charge in [0.05, 0.1) is 18.3 Å². The highest BCUT2D eigenvalue weighted by Crippen LogP contribution is 2.19. The van der Waals surface area contributed by atoms with Gasteiger partial charge in [-0.3, -0.25) is 0 Å². The fourth-order valence-electron chi connectivity index (χ4n) is 2.04. The van der Waals surface area contributed by atoms with E-state index in [0.29, 0.717) is 5.88 Å². The van der Waals surface area contributed by atoms with E-state index in [1.54, 1.807) is 31.5 Å². The molecular weight excluding hydrogens is 264 g/mol. The number of hydrogen-bond donors (Lipinski definition) is 1. The molecule has 0 spiro atoms. The van der Waals surface area contributed by atoms with Crippen LogP contribution < -0.4 is 4.74 Å². The average Bonchev–Trinajstić information content (AvgIpc) is 2.53. The van der Waals surface area contributed by atoms with Crippen molar-refractivity contribution >= 4 is 23.1 Å². The van der Waals surface area contributed by atoms with Gasteiger partial charge in [0.25, 0.3) is 0 Å². The van der Waals surface area contributed by atoms with E-state index < -0.39 is 0 Å². The zero-order chi connectivity index (χ0) is 14.7. The minimum Gasteiger partial charge on any atom is -0.508 e. The highest BCUT2D eigenvalue weighted by molar-refractivity contribution is 5.82. The molecule has 2 aromatic heterocycles. The van der Waals surface area contributed by atoms with Gasteiger partial charge in [0, 0.05) is 17.6 Å². The number of aromatic hydroxyl groups is 1. The number of methoxy groups -OCH3 is 1. The molecule has 1 N–H and O–H groups in total. The molecule has 0 amide bonds. The first-order valence-electron chi connectivity index (χ1n) is 6.52. The first kappa shape index (κ1) is 13.1. The zero-order valence-corrected chi connectivity index (χ0v) is 11.5. The molecule has 0 atom stereocenters. The number of phenolic OH excluding ortho intramolecular Hbond substituents is 1. The lowest BCUT2D eigenvalue weighted by molar-refractivity contribution is 0.398. The predicted octanol–water partition coefficient (Wildman–Crippen LogP) is 3.51. The Bertz CT molecular complexity index is 813. The Labute approximate surface area is 122 Å². The van der Waals surface area contributed by atoms with Crippen molar-refractivity contribution < 1.29 is 9.84 Å². The van der Waals surface area contributed by atoms with Crippen LogP contribution in [0.4, 0.5) is 0 Å². The summed E-state index contributed by atoms with van der Waals surface area (Å²) in [5, 5.41) is 10.4. The number of benzene rings is 1. The maximum Gasteiger partial charge on any atom is 0.213 e. The Morgan fingerprint density at radius 1 is 1.05 bits per heavy atom. The van der Waals surface area contributed by atoms with Crippen LogP contribution in [0.15, 0.2) is 48.7 Å². The number of fused-ring (bicyclic) bond motifs is 1. The minimum absolute atomic E-state index is 0.247. The fraction of sp³-hybridized carbons (Fsp3) is 0.0588. The summed E-state index contributed by atoms with van der Waals surface area (Å²) in [5.41, 5.74) is 2.70. The lowest BCUT2D eigenvalue weighted by atomic mass is 10.1. The van der Waals surface area contributed by atoms with Crippen LogP contribution >= 0.6 is 0 Å². The van der Waals surface area contributed by atoms with Gasteiger partial charge >= 0.3 is 0 Å². The maximum absolute atomic E-state index is 9.44. The summed E-state index contributed by atoms with van der Waals surface area (Å²) >= 11 is 0. The minimum atomic E-state index is 0.247. The van der Waals surface area contributed by atoms with Crippen molar-refractivity contribution in [3.05, 3.63) is 59.9 Å². The Morgan fingerprint density at radius 3 is 2.81 bits per heavy atom. The van der Waals surface area contributed by atoms with E-state index >= 15 is 0 Å². The van der Waals surface area contributed by atoms with E-state index in [2.05, 4.69) is 9.97 Å². The summed E-state index contributed by atoms with van der Waals surface area (Å²) in [6.07, 6.45) is 5.59. The van der Waals surface area contributed by atoms with Crippen LogP contribution in [-0.2, 0) is 0 Å². The Balaban J connectivity index is 1.90. The van der Waals surface area contributed by atoms with E-state index in [1.807, 2.05) is 36.4 Å². The molecule has 104 valence electrons. The molecule has 3 rings (SSSR count). The third-order valence-electron chi connectivity index (χ3n) is 3.11. The number of ether oxygens (including phenoxy) is 1. The molecule has 0 aliphatic carbocycles. The summed E-state index contributed by atoms with van der Waals surface area (Å²) in [6.45, 7) is 0. The SMILES string of the molecule is COc1cc(C=Cc2ccc3cc(O)ccc3n2)ccn1. The molecule has 0 radical (unpaired) electrons. The first-order chi connectivity index (χ1) is 10.2. The molecule has 0 aliphatic heterocycles. The zero-order valence-electron chi connectivity index (χ0n) is 11.5. The van der Waals surface area contributed by atoms with E-state index in [4.69, 9.17) is 4.74 Å². The second-order valence-corrected chi connectivity index (χ2v) is 4.58. The molecule has 0 saturated heterocycles. The molecule has 1 aromatic carbocycles. The van der Waals surface area contributed by atoms with Crippen molar-refractivity contribution in [1.29, 1.82) is 0 Å². The highest BCUT2D eigenvalue weighted by Gasteiger charge is 1.98. The second-order valence-electron chi connectivity index (χ2n) is 4.58. The van der Waals surface area contributed by atoms with Crippen LogP contribution in [0.1, 0.15) is 11.3 Å². The summed E-state index contributed by atoms with van der Waals surface area (Å²) in [6, 6.07) is 12.7. The van der Waals surface area contributed by atoms with E-state index in [-0.39, 0.29) is 5.75 Å². The van der Waals surface area contributed by atoms with Gasteiger partial charge in [-0.2, -0.15) is 0 Å². The van der Waals surface area contributed by atoms with Gasteiger partial charge in [0.1, 0.15) is 5.75 Å². The second kappa shape index (κ2) is 5.63. The number of hydrogen-bond acceptors (Lipinski definition) is 4. The van der Waals surface area contributed by atoms with Gasteiger partial charge in [0.2, 0.25) is 5.88 Å². The molecule has 0 bridgehead atoms. The smallest absolute Gasteiger partial charge is 0.213 e. The Morgan fingerprint density at radius 2 is 1.95 bits per heavy atom. The van der Waals surface area contributed by atoms with Crippen molar-refractivity contribution in [3.8, 4) is 11.6 Å². The summed E-state index contributed by atoms with van der Waals surface area (Å²) in [7, 11) is 1.59. The van der Waals surface area contributed by atoms with Crippen molar-refractivity contribution in [1.82, 2.24) is 9.97 Å². The molecule has 4 heteroatoms. The van der Waals surface area contributed by atoms with E-state index in [1.165, 1.54) is 0 Å². The number of aromatic nitrogens is 2. The van der Waals surface area contributed by atoms with Crippen LogP contribution in [0.5, 0.6) is 11.6 Å². The molecule has 0 aliphatic rings. The maximum atomic E-state index is 9.44. The van der Waals surface area contributed by atoms with Crippen LogP contribution in [0.2, 0.25) is 0 Å². The largest absolute Gasteiger partial charge is 0.508 e. The van der Waals surface area contributed by atoms with Gasteiger partial charge in [-0.05, 0) is 42.0 Å². The fourth-order valence-corrected chi connectivity index (χ4v) is 2.04. The number of pyridine rings is 2. The number of nitrogens with zero attached hydrogens (tertiary/aromatic N) is 2. The van der Waals surface area contributed by atoms with Crippen molar-refractivity contribution in [2.75, 3.05) is 7.11 Å². The van der Waals surface area contributed by atoms with Gasteiger partial charge in [-0.1, -0.05) is 12.1 Å². The monoisotopic (exact) mass is 278 g/mol. The molecule has 2 heterocycles. The lowest BCUT2D eigenvalue weighted by Gasteiger charge is -2.01. The van der Waals surface area contributed by atoms with Gasteiger partial charge < -0.3 is 9.84 Å². The Hall–Kier alpha value is -2.88. The van der Waals surface area contributed by atoms with Crippen LogP contribution in [-0.4, -0.2) is 22.2 Å². The normalized spacial score (nSPS) is 11.1. The standard InChI is InChI=1S/C17H14N2O2/c1-21-17-10-12(8-9-18-17)2-4-14-5-3-13-11-15(20)6-7-16(13)19-14/h2-11,20H,1H3. The predicted molar refractivity (Wildman–Crippen MR) is 83.1 cm³/mol. The summed E-state index contributed by atoms with van der Waals surface area (Å²) in [5.74, 6) is 0.829. The van der Waals surface area contributed by atoms with Crippen LogP contribution in [0.25, 0.3) is 23.1 Å². The molecular formula is C17H14N2O2. The quantitative estimate of drug-likeness (QED) is 0.796. The van der Waals surface area contributed by atoms with Crippen LogP contribution in [0.3, 0.4) is 0 Å². The first-order valence-corrected chi connectivity index (χ1v) is 6.52. The molecule has 0 saturated carbocycles. The van der Waals surface area contributed by atoms with E-state index in [0.717, 1.165) is 22.2 Å². The summed E-state index contributed by atoms with van der Waals surface area (Å²) in [4.78, 5) is 8.60. The average molecular weight is 278 g/mol. The topological polar surface area (TPSA) is 55.2 Å². The lowest BCUT2D eigenvalue weighted by Crippen LogP contribution is -1.87. The van der Waals surface area contributed by atoms with Crippen molar-refractivity contribution in [2.24, 2.45) is 0 Å². The van der Waals surface area contributed by atoms with Gasteiger partial charge in [-0.25, -0.2) is 9.97 Å². The summed E-state index contributed by atoms with van der Waals surface area (Å²) < 4.78 is 5.09. The molecule has 21 heavy (non-hydrogen) atoms. The molecule has 4 nitrogen and oxygen atoms in total. The Kier molecular flexibility index (Phi) is 3.51.